The zero-order valence-electron chi connectivity index (χ0n) is 25.5. The summed E-state index contributed by atoms with van der Waals surface area (Å²) in [5, 5.41) is 0. The van der Waals surface area contributed by atoms with Crippen molar-refractivity contribution >= 4 is 23.9 Å². The molecule has 0 fully saturated rings. The highest BCUT2D eigenvalue weighted by molar-refractivity contribution is 5.82. The van der Waals surface area contributed by atoms with E-state index < -0.39 is 42.3 Å². The van der Waals surface area contributed by atoms with Gasteiger partial charge in [0, 0.05) is 52.5 Å². The van der Waals surface area contributed by atoms with E-state index in [9.17, 15) is 19.2 Å². The van der Waals surface area contributed by atoms with Gasteiger partial charge in [-0.05, 0) is 12.8 Å². The van der Waals surface area contributed by atoms with E-state index in [2.05, 4.69) is 6.92 Å². The van der Waals surface area contributed by atoms with Crippen molar-refractivity contribution in [2.24, 2.45) is 0 Å². The van der Waals surface area contributed by atoms with Gasteiger partial charge in [-0.15, -0.1) is 0 Å². The lowest BCUT2D eigenvalue weighted by molar-refractivity contribution is -0.158. The maximum absolute atomic E-state index is 11.9. The Hall–Kier alpha value is -2.38. The van der Waals surface area contributed by atoms with Crippen LogP contribution in [0.25, 0.3) is 0 Å². The molecule has 1 rings (SSSR count). The summed E-state index contributed by atoms with van der Waals surface area (Å²) >= 11 is 0. The molecule has 1 aliphatic heterocycles. The molecule has 0 unspecified atom stereocenters. The first kappa shape index (κ1) is 35.6. The SMILES string of the molecule is CCCCCCCCCCCCCCC[C@@H](C[C@@H](C[C@@H](C[C@H]1CC=CC(=O)O1)OC(C)=O)OC(C)=O)OC(C)=O. The zero-order valence-corrected chi connectivity index (χ0v) is 25.5. The second-order valence-corrected chi connectivity index (χ2v) is 11.1. The molecule has 0 bridgehead atoms. The van der Waals surface area contributed by atoms with E-state index in [1.807, 2.05) is 0 Å². The van der Waals surface area contributed by atoms with Crippen LogP contribution in [0.3, 0.4) is 0 Å². The standard InChI is InChI=1S/C32H54O8/c1-5-6-7-8-9-10-11-12-13-14-15-16-17-19-28(37-25(2)33)22-30(38-26(3)34)24-31(39-27(4)35)23-29-20-18-21-32(36)40-29/h18,21,28-31H,5-17,19-20,22-24H2,1-4H3/t28-,29+,30-,31+/m0/s1. The van der Waals surface area contributed by atoms with Crippen molar-refractivity contribution in [2.75, 3.05) is 0 Å². The summed E-state index contributed by atoms with van der Waals surface area (Å²) in [6, 6.07) is 0. The smallest absolute Gasteiger partial charge is 0.330 e. The molecule has 0 spiro atoms. The van der Waals surface area contributed by atoms with Gasteiger partial charge in [0.25, 0.3) is 0 Å². The minimum atomic E-state index is -0.611. The van der Waals surface area contributed by atoms with Crippen LogP contribution in [0, 0.1) is 0 Å². The van der Waals surface area contributed by atoms with E-state index >= 15 is 0 Å². The summed E-state index contributed by atoms with van der Waals surface area (Å²) in [6.45, 7) is 6.27. The molecule has 1 aliphatic rings. The number of carbonyl (C=O) groups excluding carboxylic acids is 4. The zero-order chi connectivity index (χ0) is 29.6. The number of hydrogen-bond acceptors (Lipinski definition) is 8. The van der Waals surface area contributed by atoms with Crippen LogP contribution in [-0.2, 0) is 38.1 Å². The minimum Gasteiger partial charge on any atom is -0.462 e. The van der Waals surface area contributed by atoms with E-state index in [0.29, 0.717) is 25.7 Å². The average molecular weight is 567 g/mol. The Kier molecular flexibility index (Phi) is 19.9. The fraction of sp³-hybridized carbons (Fsp3) is 0.812. The number of cyclic esters (lactones) is 1. The third-order valence-corrected chi connectivity index (χ3v) is 7.14. The third-order valence-electron chi connectivity index (χ3n) is 7.14. The molecule has 0 aromatic rings. The molecule has 8 nitrogen and oxygen atoms in total. The lowest BCUT2D eigenvalue weighted by atomic mass is 9.97. The molecular weight excluding hydrogens is 512 g/mol. The first-order valence-corrected chi connectivity index (χ1v) is 15.6. The number of ether oxygens (including phenoxy) is 4. The van der Waals surface area contributed by atoms with Gasteiger partial charge in [0.1, 0.15) is 24.4 Å². The summed E-state index contributed by atoms with van der Waals surface area (Å²) in [4.78, 5) is 47.0. The minimum absolute atomic E-state index is 0.229. The van der Waals surface area contributed by atoms with Crippen molar-refractivity contribution in [3.8, 4) is 0 Å². The van der Waals surface area contributed by atoms with Crippen LogP contribution in [0.4, 0.5) is 0 Å². The number of esters is 4. The van der Waals surface area contributed by atoms with Crippen molar-refractivity contribution in [1.82, 2.24) is 0 Å². The third kappa shape index (κ3) is 19.6. The summed E-state index contributed by atoms with van der Waals surface area (Å²) < 4.78 is 22.0. The van der Waals surface area contributed by atoms with Crippen molar-refractivity contribution in [3.63, 3.8) is 0 Å². The number of rotatable bonds is 23. The van der Waals surface area contributed by atoms with Crippen LogP contribution in [0.5, 0.6) is 0 Å². The van der Waals surface area contributed by atoms with Gasteiger partial charge in [-0.1, -0.05) is 90.0 Å². The normalized spacial score (nSPS) is 17.0. The number of unbranched alkanes of at least 4 members (excludes halogenated alkanes) is 12. The highest BCUT2D eigenvalue weighted by Gasteiger charge is 2.29. The molecule has 0 radical (unpaired) electrons. The highest BCUT2D eigenvalue weighted by atomic mass is 16.6. The number of hydrogen-bond donors (Lipinski definition) is 0. The van der Waals surface area contributed by atoms with E-state index in [1.54, 1.807) is 6.08 Å². The maximum atomic E-state index is 11.9. The van der Waals surface area contributed by atoms with Gasteiger partial charge < -0.3 is 18.9 Å². The van der Waals surface area contributed by atoms with Gasteiger partial charge in [-0.2, -0.15) is 0 Å². The fourth-order valence-corrected chi connectivity index (χ4v) is 5.30. The molecule has 0 aromatic heterocycles. The van der Waals surface area contributed by atoms with E-state index in [-0.39, 0.29) is 12.4 Å². The van der Waals surface area contributed by atoms with Crippen molar-refractivity contribution in [1.29, 1.82) is 0 Å². The van der Waals surface area contributed by atoms with Crippen molar-refractivity contribution in [2.45, 2.75) is 168 Å². The van der Waals surface area contributed by atoms with Crippen LogP contribution in [0.1, 0.15) is 143 Å². The van der Waals surface area contributed by atoms with Gasteiger partial charge >= 0.3 is 23.9 Å². The van der Waals surface area contributed by atoms with Gasteiger partial charge in [-0.3, -0.25) is 14.4 Å². The van der Waals surface area contributed by atoms with Crippen LogP contribution < -0.4 is 0 Å². The topological polar surface area (TPSA) is 105 Å². The Morgan fingerprint density at radius 1 is 0.725 bits per heavy atom. The van der Waals surface area contributed by atoms with E-state index in [0.717, 1.165) is 19.3 Å². The van der Waals surface area contributed by atoms with Crippen molar-refractivity contribution < 1.29 is 38.1 Å². The molecule has 40 heavy (non-hydrogen) atoms. The maximum Gasteiger partial charge on any atom is 0.330 e. The molecule has 0 aliphatic carbocycles. The molecule has 0 amide bonds. The highest BCUT2D eigenvalue weighted by Crippen LogP contribution is 2.24. The van der Waals surface area contributed by atoms with Crippen LogP contribution in [-0.4, -0.2) is 48.3 Å². The Labute approximate surface area is 241 Å². The monoisotopic (exact) mass is 566 g/mol. The predicted octanol–water partition coefficient (Wildman–Crippen LogP) is 7.30. The Balaban J connectivity index is 2.50. The van der Waals surface area contributed by atoms with Gasteiger partial charge in [-0.25, -0.2) is 4.79 Å². The Morgan fingerprint density at radius 3 is 1.68 bits per heavy atom. The van der Waals surface area contributed by atoms with Gasteiger partial charge in [0.2, 0.25) is 0 Å². The van der Waals surface area contributed by atoms with Crippen LogP contribution >= 0.6 is 0 Å². The lowest BCUT2D eigenvalue weighted by Gasteiger charge is -2.29. The fourth-order valence-electron chi connectivity index (χ4n) is 5.30. The second-order valence-electron chi connectivity index (χ2n) is 11.1. The molecule has 230 valence electrons. The quantitative estimate of drug-likeness (QED) is 0.0720. The lowest BCUT2D eigenvalue weighted by Crippen LogP contribution is -2.34. The summed E-state index contributed by atoms with van der Waals surface area (Å²) in [5.74, 6) is -1.73. The molecule has 1 heterocycles. The van der Waals surface area contributed by atoms with Gasteiger partial charge in [0.05, 0.1) is 0 Å². The average Bonchev–Trinajstić information content (AvgIpc) is 2.85. The largest absolute Gasteiger partial charge is 0.462 e. The summed E-state index contributed by atoms with van der Waals surface area (Å²) in [6.07, 6.45) is 19.4. The van der Waals surface area contributed by atoms with Crippen LogP contribution in [0.15, 0.2) is 12.2 Å². The Bertz CT molecular complexity index is 762. The van der Waals surface area contributed by atoms with Crippen LogP contribution in [0.2, 0.25) is 0 Å². The molecule has 0 saturated carbocycles. The molecule has 0 N–H and O–H groups in total. The first-order valence-electron chi connectivity index (χ1n) is 15.6. The van der Waals surface area contributed by atoms with E-state index in [4.69, 9.17) is 18.9 Å². The predicted molar refractivity (Wildman–Crippen MR) is 154 cm³/mol. The summed E-state index contributed by atoms with van der Waals surface area (Å²) in [5.41, 5.74) is 0. The molecule has 8 heteroatoms. The molecule has 0 aromatic carbocycles. The van der Waals surface area contributed by atoms with Gasteiger partial charge in [0.15, 0.2) is 0 Å². The van der Waals surface area contributed by atoms with E-state index in [1.165, 1.54) is 91.1 Å². The Morgan fingerprint density at radius 2 is 1.18 bits per heavy atom. The first-order chi connectivity index (χ1) is 19.2. The molecule has 0 saturated heterocycles. The second kappa shape index (κ2) is 22.3. The molecular formula is C32H54O8. The molecule has 4 atom stereocenters. The number of carbonyl (C=O) groups is 4. The summed E-state index contributed by atoms with van der Waals surface area (Å²) in [7, 11) is 0. The van der Waals surface area contributed by atoms with Crippen molar-refractivity contribution in [3.05, 3.63) is 12.2 Å².